The van der Waals surface area contributed by atoms with Crippen LogP contribution < -0.4 is 20.9 Å². The number of nitrogens with zero attached hydrogens (tertiary/aromatic N) is 2. The molecule has 0 aliphatic carbocycles. The maximum Gasteiger partial charge on any atom is 0.267 e. The van der Waals surface area contributed by atoms with Gasteiger partial charge < -0.3 is 20.9 Å². The van der Waals surface area contributed by atoms with E-state index in [4.69, 9.17) is 0 Å². The lowest BCUT2D eigenvalue weighted by atomic mass is 10.2. The van der Waals surface area contributed by atoms with E-state index in [1.54, 1.807) is 24.3 Å². The van der Waals surface area contributed by atoms with E-state index < -0.39 is 5.91 Å². The molecule has 3 N–H and O–H groups in total. The van der Waals surface area contributed by atoms with Gasteiger partial charge in [-0.15, -0.1) is 0 Å². The van der Waals surface area contributed by atoms with E-state index in [-0.39, 0.29) is 11.5 Å². The highest BCUT2D eigenvalue weighted by Crippen LogP contribution is 2.18. The van der Waals surface area contributed by atoms with Crippen LogP contribution in [0.25, 0.3) is 0 Å². The quantitative estimate of drug-likeness (QED) is 0.541. The first-order valence-electron chi connectivity index (χ1n) is 8.22. The van der Waals surface area contributed by atoms with Crippen molar-refractivity contribution in [2.24, 2.45) is 0 Å². The van der Waals surface area contributed by atoms with Crippen molar-refractivity contribution in [3.8, 4) is 6.07 Å². The molecule has 0 saturated carbocycles. The molecular formula is C20H21N5O2. The fraction of sp³-hybridized carbons (Fsp3) is 0.150. The summed E-state index contributed by atoms with van der Waals surface area (Å²) >= 11 is 0. The Morgan fingerprint density at radius 1 is 1.00 bits per heavy atom. The molecule has 2 amide bonds. The van der Waals surface area contributed by atoms with Crippen LogP contribution in [0, 0.1) is 11.3 Å². The number of anilines is 4. The van der Waals surface area contributed by atoms with Gasteiger partial charge in [-0.1, -0.05) is 6.07 Å². The van der Waals surface area contributed by atoms with Crippen molar-refractivity contribution in [3.63, 3.8) is 0 Å². The Balaban J connectivity index is 2.05. The first-order valence-corrected chi connectivity index (χ1v) is 8.22. The van der Waals surface area contributed by atoms with Gasteiger partial charge >= 0.3 is 0 Å². The summed E-state index contributed by atoms with van der Waals surface area (Å²) in [4.78, 5) is 25.3. The zero-order valence-electron chi connectivity index (χ0n) is 15.4. The topological polar surface area (TPSA) is 97.3 Å². The SMILES string of the molecule is CC(=O)Nc1ccc(NC(=O)/C(C#N)=C\Nc2cccc(N(C)C)c2)cc1. The Morgan fingerprint density at radius 2 is 1.63 bits per heavy atom. The third-order valence-electron chi connectivity index (χ3n) is 3.57. The van der Waals surface area contributed by atoms with Crippen molar-refractivity contribution >= 4 is 34.6 Å². The molecular weight excluding hydrogens is 342 g/mol. The molecule has 0 aliphatic heterocycles. The Labute approximate surface area is 158 Å². The average molecular weight is 363 g/mol. The van der Waals surface area contributed by atoms with Gasteiger partial charge in [0.05, 0.1) is 0 Å². The van der Waals surface area contributed by atoms with E-state index in [9.17, 15) is 14.9 Å². The molecule has 0 radical (unpaired) electrons. The Morgan fingerprint density at radius 3 is 2.19 bits per heavy atom. The average Bonchev–Trinajstić information content (AvgIpc) is 2.63. The maximum atomic E-state index is 12.3. The maximum absolute atomic E-state index is 12.3. The number of hydrogen-bond donors (Lipinski definition) is 3. The Kier molecular flexibility index (Phi) is 6.55. The minimum absolute atomic E-state index is 0.0591. The second kappa shape index (κ2) is 9.06. The molecule has 0 aliphatic rings. The number of hydrogen-bond acceptors (Lipinski definition) is 5. The van der Waals surface area contributed by atoms with Crippen molar-refractivity contribution < 1.29 is 9.59 Å². The van der Waals surface area contributed by atoms with Crippen molar-refractivity contribution in [2.75, 3.05) is 34.9 Å². The number of nitrogens with one attached hydrogen (secondary N) is 3. The van der Waals surface area contributed by atoms with E-state index in [1.807, 2.05) is 49.3 Å². The minimum atomic E-state index is -0.527. The van der Waals surface area contributed by atoms with Crippen molar-refractivity contribution in [1.29, 1.82) is 5.26 Å². The smallest absolute Gasteiger partial charge is 0.267 e. The summed E-state index contributed by atoms with van der Waals surface area (Å²) in [5.74, 6) is -0.702. The Bertz CT molecular complexity index is 895. The standard InChI is InChI=1S/C20H21N5O2/c1-14(26)23-16-7-9-17(10-8-16)24-20(27)15(12-21)13-22-18-5-4-6-19(11-18)25(2)3/h4-11,13,22H,1-3H3,(H,23,26)(H,24,27)/b15-13-. The van der Waals surface area contributed by atoms with E-state index in [0.717, 1.165) is 11.4 Å². The van der Waals surface area contributed by atoms with Crippen LogP contribution in [0.15, 0.2) is 60.3 Å². The van der Waals surface area contributed by atoms with Gasteiger partial charge in [0, 0.05) is 50.0 Å². The molecule has 138 valence electrons. The molecule has 7 nitrogen and oxygen atoms in total. The number of carbonyl (C=O) groups is 2. The number of nitriles is 1. The van der Waals surface area contributed by atoms with Gasteiger partial charge in [-0.05, 0) is 42.5 Å². The number of amides is 2. The van der Waals surface area contributed by atoms with Crippen LogP contribution in [0.2, 0.25) is 0 Å². The van der Waals surface area contributed by atoms with Crippen molar-refractivity contribution in [3.05, 3.63) is 60.3 Å². The van der Waals surface area contributed by atoms with Gasteiger partial charge in [-0.2, -0.15) is 5.26 Å². The normalized spacial score (nSPS) is 10.5. The number of carbonyl (C=O) groups excluding carboxylic acids is 2. The number of rotatable bonds is 6. The van der Waals surface area contributed by atoms with Crippen molar-refractivity contribution in [1.82, 2.24) is 0 Å². The van der Waals surface area contributed by atoms with Crippen LogP contribution in [0.1, 0.15) is 6.92 Å². The van der Waals surface area contributed by atoms with Gasteiger partial charge in [0.25, 0.3) is 5.91 Å². The summed E-state index contributed by atoms with van der Waals surface area (Å²) in [5.41, 5.74) is 2.84. The fourth-order valence-corrected chi connectivity index (χ4v) is 2.22. The van der Waals surface area contributed by atoms with Gasteiger partial charge in [-0.3, -0.25) is 9.59 Å². The van der Waals surface area contributed by atoms with Crippen LogP contribution in [-0.2, 0) is 9.59 Å². The first-order chi connectivity index (χ1) is 12.9. The number of benzene rings is 2. The van der Waals surface area contributed by atoms with Crippen LogP contribution in [0.4, 0.5) is 22.7 Å². The minimum Gasteiger partial charge on any atom is -0.378 e. The van der Waals surface area contributed by atoms with Crippen LogP contribution in [0.3, 0.4) is 0 Å². The lowest BCUT2D eigenvalue weighted by Crippen LogP contribution is -2.14. The monoisotopic (exact) mass is 363 g/mol. The molecule has 2 aromatic rings. The lowest BCUT2D eigenvalue weighted by Gasteiger charge is -2.13. The fourth-order valence-electron chi connectivity index (χ4n) is 2.22. The first kappa shape index (κ1) is 19.5. The molecule has 0 saturated heterocycles. The predicted octanol–water partition coefficient (Wildman–Crippen LogP) is 3.17. The molecule has 27 heavy (non-hydrogen) atoms. The zero-order chi connectivity index (χ0) is 19.8. The third kappa shape index (κ3) is 5.90. The summed E-state index contributed by atoms with van der Waals surface area (Å²) in [6.07, 6.45) is 1.37. The summed E-state index contributed by atoms with van der Waals surface area (Å²) in [6.45, 7) is 1.42. The second-order valence-corrected chi connectivity index (χ2v) is 5.97. The van der Waals surface area contributed by atoms with E-state index in [0.29, 0.717) is 11.4 Å². The van der Waals surface area contributed by atoms with E-state index >= 15 is 0 Å². The molecule has 2 aromatic carbocycles. The van der Waals surface area contributed by atoms with Crippen LogP contribution in [0.5, 0.6) is 0 Å². The summed E-state index contributed by atoms with van der Waals surface area (Å²) in [5, 5.41) is 17.5. The van der Waals surface area contributed by atoms with E-state index in [1.165, 1.54) is 13.1 Å². The molecule has 0 spiro atoms. The summed E-state index contributed by atoms with van der Waals surface area (Å²) in [6, 6.07) is 16.1. The lowest BCUT2D eigenvalue weighted by molar-refractivity contribution is -0.114. The molecule has 0 fully saturated rings. The Hall–Kier alpha value is -3.79. The second-order valence-electron chi connectivity index (χ2n) is 5.97. The molecule has 2 rings (SSSR count). The third-order valence-corrected chi connectivity index (χ3v) is 3.57. The highest BCUT2D eigenvalue weighted by Gasteiger charge is 2.09. The predicted molar refractivity (Wildman–Crippen MR) is 107 cm³/mol. The van der Waals surface area contributed by atoms with E-state index in [2.05, 4.69) is 16.0 Å². The summed E-state index contributed by atoms with van der Waals surface area (Å²) < 4.78 is 0. The molecule has 0 atom stereocenters. The summed E-state index contributed by atoms with van der Waals surface area (Å²) in [7, 11) is 3.86. The van der Waals surface area contributed by atoms with Gasteiger partial charge in [-0.25, -0.2) is 0 Å². The van der Waals surface area contributed by atoms with Gasteiger partial charge in [0.2, 0.25) is 5.91 Å². The molecule has 0 unspecified atom stereocenters. The molecule has 7 heteroatoms. The van der Waals surface area contributed by atoms with Crippen LogP contribution in [-0.4, -0.2) is 25.9 Å². The highest BCUT2D eigenvalue weighted by atomic mass is 16.2. The molecule has 0 bridgehead atoms. The van der Waals surface area contributed by atoms with Crippen LogP contribution >= 0.6 is 0 Å². The van der Waals surface area contributed by atoms with Gasteiger partial charge in [0.1, 0.15) is 11.6 Å². The molecule has 0 heterocycles. The largest absolute Gasteiger partial charge is 0.378 e. The van der Waals surface area contributed by atoms with Crippen molar-refractivity contribution in [2.45, 2.75) is 6.92 Å². The zero-order valence-corrected chi connectivity index (χ0v) is 15.4. The molecule has 0 aromatic heterocycles. The highest BCUT2D eigenvalue weighted by molar-refractivity contribution is 6.06. The van der Waals surface area contributed by atoms with Gasteiger partial charge in [0.15, 0.2) is 0 Å².